The zero-order valence-electron chi connectivity index (χ0n) is 18.2. The molecule has 0 radical (unpaired) electrons. The number of benzene rings is 3. The topological polar surface area (TPSA) is 44.4 Å². The maximum atomic E-state index is 13.6. The number of para-hydroxylation sites is 2. The Labute approximate surface area is 197 Å². The van der Waals surface area contributed by atoms with Gasteiger partial charge in [-0.25, -0.2) is 0 Å². The molecule has 2 N–H and O–H groups in total. The summed E-state index contributed by atoms with van der Waals surface area (Å²) in [6.07, 6.45) is 1.33. The number of hydrogen-bond donors (Lipinski definition) is 2. The number of halogens is 1. The molecular weight excluding hydrogens is 462 g/mol. The average Bonchev–Trinajstić information content (AvgIpc) is 2.96. The molecule has 0 aromatic heterocycles. The molecule has 2 atom stereocenters. The Morgan fingerprint density at radius 1 is 0.844 bits per heavy atom. The van der Waals surface area contributed by atoms with Gasteiger partial charge in [0.1, 0.15) is 0 Å². The molecule has 1 aliphatic carbocycles. The van der Waals surface area contributed by atoms with Gasteiger partial charge < -0.3 is 15.5 Å². The van der Waals surface area contributed by atoms with Gasteiger partial charge in [-0.05, 0) is 59.9 Å². The van der Waals surface area contributed by atoms with Crippen molar-refractivity contribution in [3.8, 4) is 0 Å². The minimum Gasteiger partial charge on any atom is -0.378 e. The standard InChI is InChI=1S/C27H26BrN3O/c1-31(2)21-13-9-17(10-14-21)19-15-24-26(25(32)16-19)27(18-7-11-20(28)12-8-18)30-23-6-4-3-5-22(23)29-24/h3-14,19,27,29-30H,15-16H2,1-2H3. The van der Waals surface area contributed by atoms with Crippen LogP contribution in [0.3, 0.4) is 0 Å². The van der Waals surface area contributed by atoms with Gasteiger partial charge in [0.25, 0.3) is 0 Å². The second-order valence-corrected chi connectivity index (χ2v) is 9.62. The van der Waals surface area contributed by atoms with E-state index in [1.165, 1.54) is 5.56 Å². The molecule has 0 saturated heterocycles. The molecule has 5 heteroatoms. The van der Waals surface area contributed by atoms with Crippen LogP contribution < -0.4 is 15.5 Å². The highest BCUT2D eigenvalue weighted by Gasteiger charge is 2.36. The smallest absolute Gasteiger partial charge is 0.163 e. The number of rotatable bonds is 3. The van der Waals surface area contributed by atoms with Crippen molar-refractivity contribution < 1.29 is 4.79 Å². The van der Waals surface area contributed by atoms with E-state index in [1.54, 1.807) is 0 Å². The summed E-state index contributed by atoms with van der Waals surface area (Å²) < 4.78 is 1.03. The summed E-state index contributed by atoms with van der Waals surface area (Å²) in [5.41, 5.74) is 7.35. The highest BCUT2D eigenvalue weighted by atomic mass is 79.9. The lowest BCUT2D eigenvalue weighted by atomic mass is 9.78. The normalized spacial score (nSPS) is 19.9. The molecule has 0 amide bonds. The molecular formula is C27H26BrN3O. The van der Waals surface area contributed by atoms with Crippen molar-refractivity contribution in [2.24, 2.45) is 0 Å². The first-order valence-electron chi connectivity index (χ1n) is 10.9. The summed E-state index contributed by atoms with van der Waals surface area (Å²) in [7, 11) is 4.08. The summed E-state index contributed by atoms with van der Waals surface area (Å²) in [5.74, 6) is 0.370. The number of carbonyl (C=O) groups is 1. The first-order chi connectivity index (χ1) is 15.5. The van der Waals surface area contributed by atoms with Crippen LogP contribution in [-0.4, -0.2) is 19.9 Å². The summed E-state index contributed by atoms with van der Waals surface area (Å²) in [6, 6.07) is 24.8. The monoisotopic (exact) mass is 487 g/mol. The third-order valence-electron chi connectivity index (χ3n) is 6.39. The Morgan fingerprint density at radius 3 is 2.19 bits per heavy atom. The molecule has 3 aromatic carbocycles. The van der Waals surface area contributed by atoms with E-state index in [-0.39, 0.29) is 17.7 Å². The van der Waals surface area contributed by atoms with Crippen LogP contribution in [0.25, 0.3) is 0 Å². The minimum atomic E-state index is -0.182. The molecule has 162 valence electrons. The molecule has 0 spiro atoms. The van der Waals surface area contributed by atoms with Gasteiger partial charge in [-0.1, -0.05) is 52.3 Å². The fourth-order valence-corrected chi connectivity index (χ4v) is 4.94. The van der Waals surface area contributed by atoms with E-state index < -0.39 is 0 Å². The molecule has 0 saturated carbocycles. The Bertz CT molecular complexity index is 1180. The number of nitrogens with zero attached hydrogens (tertiary/aromatic N) is 1. The van der Waals surface area contributed by atoms with E-state index in [9.17, 15) is 4.79 Å². The van der Waals surface area contributed by atoms with Gasteiger partial charge in [0.2, 0.25) is 0 Å². The summed E-state index contributed by atoms with van der Waals surface area (Å²) in [6.45, 7) is 0. The average molecular weight is 488 g/mol. The zero-order chi connectivity index (χ0) is 22.2. The summed E-state index contributed by atoms with van der Waals surface area (Å²) in [5, 5.41) is 7.25. The Balaban J connectivity index is 1.55. The maximum absolute atomic E-state index is 13.6. The van der Waals surface area contributed by atoms with Crippen molar-refractivity contribution >= 4 is 38.8 Å². The molecule has 1 aliphatic heterocycles. The molecule has 2 aliphatic rings. The van der Waals surface area contributed by atoms with Crippen LogP contribution in [0.15, 0.2) is 88.5 Å². The second kappa shape index (κ2) is 8.47. The largest absolute Gasteiger partial charge is 0.378 e. The predicted molar refractivity (Wildman–Crippen MR) is 135 cm³/mol. The molecule has 5 rings (SSSR count). The summed E-state index contributed by atoms with van der Waals surface area (Å²) in [4.78, 5) is 15.7. The van der Waals surface area contributed by atoms with E-state index in [2.05, 4.69) is 80.0 Å². The van der Waals surface area contributed by atoms with Crippen molar-refractivity contribution in [3.63, 3.8) is 0 Å². The highest BCUT2D eigenvalue weighted by Crippen LogP contribution is 2.44. The van der Waals surface area contributed by atoms with E-state index in [0.29, 0.717) is 6.42 Å². The van der Waals surface area contributed by atoms with Gasteiger partial charge in [-0.2, -0.15) is 0 Å². The van der Waals surface area contributed by atoms with Crippen molar-refractivity contribution in [1.82, 2.24) is 0 Å². The predicted octanol–water partition coefficient (Wildman–Crippen LogP) is 6.49. The van der Waals surface area contributed by atoms with Crippen LogP contribution in [0.4, 0.5) is 17.1 Å². The van der Waals surface area contributed by atoms with E-state index in [1.807, 2.05) is 38.4 Å². The molecule has 32 heavy (non-hydrogen) atoms. The molecule has 4 nitrogen and oxygen atoms in total. The lowest BCUT2D eigenvalue weighted by molar-refractivity contribution is -0.116. The number of anilines is 3. The Hall–Kier alpha value is -3.05. The first kappa shape index (κ1) is 20.8. The molecule has 2 unspecified atom stereocenters. The maximum Gasteiger partial charge on any atom is 0.163 e. The second-order valence-electron chi connectivity index (χ2n) is 8.71. The van der Waals surface area contributed by atoms with Gasteiger partial charge in [0.05, 0.1) is 17.4 Å². The molecule has 0 fully saturated rings. The number of ketones is 1. The minimum absolute atomic E-state index is 0.167. The van der Waals surface area contributed by atoms with Crippen LogP contribution in [0.1, 0.15) is 35.9 Å². The van der Waals surface area contributed by atoms with Crippen molar-refractivity contribution in [3.05, 3.63) is 99.7 Å². The van der Waals surface area contributed by atoms with Gasteiger partial charge in [0.15, 0.2) is 5.78 Å². The summed E-state index contributed by atoms with van der Waals surface area (Å²) >= 11 is 3.52. The van der Waals surface area contributed by atoms with Crippen LogP contribution in [0, 0.1) is 0 Å². The Kier molecular flexibility index (Phi) is 5.51. The lowest BCUT2D eigenvalue weighted by Crippen LogP contribution is -2.26. The SMILES string of the molecule is CN(C)c1ccc(C2CC(=O)C3=C(C2)Nc2ccccc2NC3c2ccc(Br)cc2)cc1. The highest BCUT2D eigenvalue weighted by molar-refractivity contribution is 9.10. The van der Waals surface area contributed by atoms with Gasteiger partial charge in [-0.3, -0.25) is 4.79 Å². The van der Waals surface area contributed by atoms with Crippen LogP contribution in [-0.2, 0) is 4.79 Å². The van der Waals surface area contributed by atoms with Crippen molar-refractivity contribution in [1.29, 1.82) is 0 Å². The molecule has 0 bridgehead atoms. The molecule has 3 aromatic rings. The zero-order valence-corrected chi connectivity index (χ0v) is 19.8. The third-order valence-corrected chi connectivity index (χ3v) is 6.92. The number of nitrogens with one attached hydrogen (secondary N) is 2. The quantitative estimate of drug-likeness (QED) is 0.442. The fraction of sp³-hybridized carbons (Fsp3) is 0.222. The fourth-order valence-electron chi connectivity index (χ4n) is 4.68. The first-order valence-corrected chi connectivity index (χ1v) is 11.7. The lowest BCUT2D eigenvalue weighted by Gasteiger charge is -2.30. The van der Waals surface area contributed by atoms with Crippen LogP contribution in [0.2, 0.25) is 0 Å². The van der Waals surface area contributed by atoms with Crippen molar-refractivity contribution in [2.45, 2.75) is 24.8 Å². The number of carbonyl (C=O) groups excluding carboxylic acids is 1. The number of fused-ring (bicyclic) bond motifs is 1. The Morgan fingerprint density at radius 2 is 1.50 bits per heavy atom. The number of allylic oxidation sites excluding steroid dienone is 1. The van der Waals surface area contributed by atoms with Gasteiger partial charge >= 0.3 is 0 Å². The van der Waals surface area contributed by atoms with Crippen LogP contribution >= 0.6 is 15.9 Å². The number of Topliss-reactive ketones (excluding diaryl/α,β-unsaturated/α-hetero) is 1. The third kappa shape index (κ3) is 3.93. The van der Waals surface area contributed by atoms with Crippen LogP contribution in [0.5, 0.6) is 0 Å². The van der Waals surface area contributed by atoms with Crippen molar-refractivity contribution in [2.75, 3.05) is 29.6 Å². The van der Waals surface area contributed by atoms with E-state index >= 15 is 0 Å². The molecule has 1 heterocycles. The number of hydrogen-bond acceptors (Lipinski definition) is 4. The van der Waals surface area contributed by atoms with Gasteiger partial charge in [0, 0.05) is 41.9 Å². The van der Waals surface area contributed by atoms with E-state index in [0.717, 1.165) is 44.8 Å². The van der Waals surface area contributed by atoms with Gasteiger partial charge in [-0.15, -0.1) is 0 Å². The van der Waals surface area contributed by atoms with E-state index in [4.69, 9.17) is 0 Å².